The molecule has 0 atom stereocenters. The Bertz CT molecular complexity index is 288. The maximum Gasteiger partial charge on any atom is 0.0521 e. The topological polar surface area (TPSA) is 34.1 Å². The molecule has 1 aromatic rings. The van der Waals surface area contributed by atoms with Gasteiger partial charge < -0.3 is 10.1 Å². The first kappa shape index (κ1) is 15.1. The Hall–Kier alpha value is -0.930. The number of aromatic nitrogens is 1. The molecule has 102 valence electrons. The molecule has 0 spiro atoms. The average Bonchev–Trinajstić information content (AvgIpc) is 2.37. The van der Waals surface area contributed by atoms with E-state index in [0.717, 1.165) is 50.8 Å². The molecular weight excluding hydrogens is 224 g/mol. The quantitative estimate of drug-likeness (QED) is 0.648. The second-order valence-corrected chi connectivity index (χ2v) is 4.99. The summed E-state index contributed by atoms with van der Waals surface area (Å²) in [6.45, 7) is 8.30. The van der Waals surface area contributed by atoms with E-state index in [2.05, 4.69) is 24.1 Å². The van der Waals surface area contributed by atoms with Gasteiger partial charge in [-0.2, -0.15) is 0 Å². The maximum absolute atomic E-state index is 5.60. The van der Waals surface area contributed by atoms with Crippen LogP contribution >= 0.6 is 0 Å². The summed E-state index contributed by atoms with van der Waals surface area (Å²) in [5, 5.41) is 3.44. The molecule has 0 radical (unpaired) electrons. The average molecular weight is 250 g/mol. The fraction of sp³-hybridized carbons (Fsp3) is 0.667. The molecule has 1 aromatic heterocycles. The van der Waals surface area contributed by atoms with Gasteiger partial charge in [0, 0.05) is 24.9 Å². The number of nitrogens with one attached hydrogen (secondary N) is 1. The Balaban J connectivity index is 1.84. The highest BCUT2D eigenvalue weighted by Gasteiger charge is 1.95. The molecule has 0 aliphatic carbocycles. The van der Waals surface area contributed by atoms with E-state index in [0.29, 0.717) is 0 Å². The van der Waals surface area contributed by atoms with Gasteiger partial charge in [-0.25, -0.2) is 0 Å². The zero-order valence-electron chi connectivity index (χ0n) is 11.7. The molecule has 0 fully saturated rings. The van der Waals surface area contributed by atoms with Crippen molar-refractivity contribution in [3.63, 3.8) is 0 Å². The Morgan fingerprint density at radius 2 is 2.11 bits per heavy atom. The van der Waals surface area contributed by atoms with Gasteiger partial charge in [-0.3, -0.25) is 4.98 Å². The summed E-state index contributed by atoms with van der Waals surface area (Å²) in [5.74, 6) is 0.736. The molecule has 0 aromatic carbocycles. The van der Waals surface area contributed by atoms with Gasteiger partial charge in [-0.15, -0.1) is 0 Å². The predicted octanol–water partition coefficient (Wildman–Crippen LogP) is 2.67. The Morgan fingerprint density at radius 1 is 1.22 bits per heavy atom. The van der Waals surface area contributed by atoms with Gasteiger partial charge in [-0.05, 0) is 44.0 Å². The van der Waals surface area contributed by atoms with Crippen LogP contribution in [0.4, 0.5) is 0 Å². The number of nitrogens with zero attached hydrogens (tertiary/aromatic N) is 1. The first-order chi connectivity index (χ1) is 8.79. The summed E-state index contributed by atoms with van der Waals surface area (Å²) in [6.07, 6.45) is 5.06. The summed E-state index contributed by atoms with van der Waals surface area (Å²) in [7, 11) is 0. The van der Waals surface area contributed by atoms with Gasteiger partial charge >= 0.3 is 0 Å². The van der Waals surface area contributed by atoms with Crippen molar-refractivity contribution in [3.05, 3.63) is 30.1 Å². The van der Waals surface area contributed by atoms with Crippen molar-refractivity contribution in [1.82, 2.24) is 10.3 Å². The molecule has 0 saturated carbocycles. The first-order valence-electron chi connectivity index (χ1n) is 6.97. The van der Waals surface area contributed by atoms with E-state index in [-0.39, 0.29) is 0 Å². The Kier molecular flexibility index (Phi) is 8.43. The molecular formula is C15H26N2O. The third-order valence-electron chi connectivity index (χ3n) is 2.67. The highest BCUT2D eigenvalue weighted by Crippen LogP contribution is 1.96. The molecule has 0 saturated heterocycles. The van der Waals surface area contributed by atoms with Crippen LogP contribution in [0.2, 0.25) is 0 Å². The summed E-state index contributed by atoms with van der Waals surface area (Å²) in [5.41, 5.74) is 1.11. The van der Waals surface area contributed by atoms with Crippen molar-refractivity contribution in [3.8, 4) is 0 Å². The van der Waals surface area contributed by atoms with Crippen molar-refractivity contribution in [1.29, 1.82) is 0 Å². The van der Waals surface area contributed by atoms with Gasteiger partial charge in [-0.1, -0.05) is 19.9 Å². The van der Waals surface area contributed by atoms with Gasteiger partial charge in [0.15, 0.2) is 0 Å². The fourth-order valence-electron chi connectivity index (χ4n) is 1.67. The van der Waals surface area contributed by atoms with E-state index >= 15 is 0 Å². The third-order valence-corrected chi connectivity index (χ3v) is 2.67. The van der Waals surface area contributed by atoms with E-state index in [9.17, 15) is 0 Å². The van der Waals surface area contributed by atoms with E-state index in [1.807, 2.05) is 24.4 Å². The van der Waals surface area contributed by atoms with Gasteiger partial charge in [0.25, 0.3) is 0 Å². The van der Waals surface area contributed by atoms with Gasteiger partial charge in [0.2, 0.25) is 0 Å². The van der Waals surface area contributed by atoms with Crippen molar-refractivity contribution < 1.29 is 4.74 Å². The van der Waals surface area contributed by atoms with Crippen LogP contribution in [0.25, 0.3) is 0 Å². The van der Waals surface area contributed by atoms with E-state index in [1.165, 1.54) is 6.42 Å². The lowest BCUT2D eigenvalue weighted by atomic mass is 10.2. The molecule has 3 nitrogen and oxygen atoms in total. The van der Waals surface area contributed by atoms with E-state index in [4.69, 9.17) is 4.74 Å². The highest BCUT2D eigenvalue weighted by atomic mass is 16.5. The molecule has 1 heterocycles. The SMILES string of the molecule is CC(C)CNCCCCOCCc1ccccn1. The number of hydrogen-bond donors (Lipinski definition) is 1. The summed E-state index contributed by atoms with van der Waals surface area (Å²) < 4.78 is 5.60. The molecule has 1 rings (SSSR count). The monoisotopic (exact) mass is 250 g/mol. The number of rotatable bonds is 10. The lowest BCUT2D eigenvalue weighted by Gasteiger charge is -2.07. The van der Waals surface area contributed by atoms with Crippen LogP contribution in [-0.2, 0) is 11.2 Å². The van der Waals surface area contributed by atoms with Crippen molar-refractivity contribution in [2.24, 2.45) is 5.92 Å². The molecule has 0 aliphatic rings. The van der Waals surface area contributed by atoms with Crippen LogP contribution in [0.15, 0.2) is 24.4 Å². The van der Waals surface area contributed by atoms with Crippen LogP contribution in [0, 0.1) is 5.92 Å². The predicted molar refractivity (Wildman–Crippen MR) is 75.7 cm³/mol. The van der Waals surface area contributed by atoms with Crippen LogP contribution < -0.4 is 5.32 Å². The molecule has 0 amide bonds. The third kappa shape index (κ3) is 8.20. The molecule has 18 heavy (non-hydrogen) atoms. The molecule has 0 aliphatic heterocycles. The normalized spacial score (nSPS) is 11.1. The Morgan fingerprint density at radius 3 is 2.83 bits per heavy atom. The van der Waals surface area contributed by atoms with Crippen LogP contribution in [0.3, 0.4) is 0 Å². The second-order valence-electron chi connectivity index (χ2n) is 4.99. The summed E-state index contributed by atoms with van der Waals surface area (Å²) in [6, 6.07) is 6.00. The summed E-state index contributed by atoms with van der Waals surface area (Å²) in [4.78, 5) is 4.26. The Labute approximate surface area is 111 Å². The van der Waals surface area contributed by atoms with Gasteiger partial charge in [0.05, 0.1) is 6.61 Å². The number of unbranched alkanes of at least 4 members (excludes halogenated alkanes) is 1. The zero-order chi connectivity index (χ0) is 13.1. The minimum atomic E-state index is 0.736. The minimum absolute atomic E-state index is 0.736. The molecule has 0 unspecified atom stereocenters. The summed E-state index contributed by atoms with van der Waals surface area (Å²) >= 11 is 0. The number of ether oxygens (including phenoxy) is 1. The lowest BCUT2D eigenvalue weighted by Crippen LogP contribution is -2.20. The molecule has 0 bridgehead atoms. The van der Waals surface area contributed by atoms with Crippen LogP contribution in [0.5, 0.6) is 0 Å². The largest absolute Gasteiger partial charge is 0.381 e. The second kappa shape index (κ2) is 10.0. The fourth-order valence-corrected chi connectivity index (χ4v) is 1.67. The highest BCUT2D eigenvalue weighted by molar-refractivity contribution is 5.03. The van der Waals surface area contributed by atoms with E-state index in [1.54, 1.807) is 0 Å². The first-order valence-corrected chi connectivity index (χ1v) is 6.97. The maximum atomic E-state index is 5.60. The number of hydrogen-bond acceptors (Lipinski definition) is 3. The zero-order valence-corrected chi connectivity index (χ0v) is 11.7. The van der Waals surface area contributed by atoms with Crippen LogP contribution in [0.1, 0.15) is 32.4 Å². The van der Waals surface area contributed by atoms with Crippen LogP contribution in [-0.4, -0.2) is 31.3 Å². The number of pyridine rings is 1. The standard InChI is InChI=1S/C15H26N2O/c1-14(2)13-16-9-5-6-11-18-12-8-15-7-3-4-10-17-15/h3-4,7,10,14,16H,5-6,8-9,11-13H2,1-2H3. The van der Waals surface area contributed by atoms with Gasteiger partial charge in [0.1, 0.15) is 0 Å². The smallest absolute Gasteiger partial charge is 0.0521 e. The van der Waals surface area contributed by atoms with Crippen molar-refractivity contribution in [2.45, 2.75) is 33.1 Å². The lowest BCUT2D eigenvalue weighted by molar-refractivity contribution is 0.132. The van der Waals surface area contributed by atoms with Crippen molar-refractivity contribution >= 4 is 0 Å². The van der Waals surface area contributed by atoms with E-state index < -0.39 is 0 Å². The minimum Gasteiger partial charge on any atom is -0.381 e. The molecule has 3 heteroatoms. The molecule has 1 N–H and O–H groups in total. The van der Waals surface area contributed by atoms with Crippen molar-refractivity contribution in [2.75, 3.05) is 26.3 Å².